The molecule has 0 saturated carbocycles. The van der Waals surface area contributed by atoms with Crippen LogP contribution in [0.5, 0.6) is 0 Å². The standard InChI is InChI=1S/C29H28ClFN6O4S/c1-41-28(39)24-23(33-26(27-32-8-11-42-27)34-25(24)21-7-4-18(31)12-22(21)30)15-35-9-10-36-20(13-35)14-37(29(36)40)19-5-2-17(16-38)3-6-19/h2-8,11-12,20,25,38H,9-10,13-16H2,1H3,(H,33,34)/t20-,25-/m0/s1. The monoisotopic (exact) mass is 610 g/mol. The van der Waals surface area contributed by atoms with E-state index >= 15 is 0 Å². The van der Waals surface area contributed by atoms with E-state index in [4.69, 9.17) is 21.3 Å². The quantitative estimate of drug-likeness (QED) is 0.394. The van der Waals surface area contributed by atoms with Crippen LogP contribution in [0.3, 0.4) is 0 Å². The number of carbonyl (C=O) groups excluding carboxylic acids is 2. The molecule has 0 unspecified atom stereocenters. The maximum atomic E-state index is 13.9. The van der Waals surface area contributed by atoms with E-state index in [1.807, 2.05) is 34.5 Å². The number of hydrogen-bond donors (Lipinski definition) is 2. The number of hydrogen-bond acceptors (Lipinski definition) is 9. The Kier molecular flexibility index (Phi) is 7.95. The maximum Gasteiger partial charge on any atom is 0.338 e. The highest BCUT2D eigenvalue weighted by Crippen LogP contribution is 2.37. The van der Waals surface area contributed by atoms with E-state index in [2.05, 4.69) is 15.2 Å². The molecule has 2 N–H and O–H groups in total. The van der Waals surface area contributed by atoms with Crippen molar-refractivity contribution in [3.8, 4) is 0 Å². The number of methoxy groups -OCH3 is 1. The predicted molar refractivity (Wildman–Crippen MR) is 157 cm³/mol. The zero-order valence-corrected chi connectivity index (χ0v) is 24.2. The molecule has 2 aromatic carbocycles. The van der Waals surface area contributed by atoms with Gasteiger partial charge in [0.1, 0.15) is 11.9 Å². The molecule has 2 amide bonds. The van der Waals surface area contributed by atoms with Gasteiger partial charge in [-0.15, -0.1) is 11.3 Å². The molecule has 13 heteroatoms. The van der Waals surface area contributed by atoms with E-state index in [0.717, 1.165) is 11.3 Å². The lowest BCUT2D eigenvalue weighted by Crippen LogP contribution is -2.53. The van der Waals surface area contributed by atoms with Crippen molar-refractivity contribution in [2.75, 3.05) is 44.7 Å². The number of rotatable bonds is 7. The molecule has 10 nitrogen and oxygen atoms in total. The molecule has 2 fully saturated rings. The number of esters is 1. The minimum Gasteiger partial charge on any atom is -0.466 e. The summed E-state index contributed by atoms with van der Waals surface area (Å²) in [6.07, 6.45) is 1.67. The number of benzene rings is 2. The number of fused-ring (bicyclic) bond motifs is 1. The Morgan fingerprint density at radius 2 is 2.02 bits per heavy atom. The molecular formula is C29H28ClFN6O4S. The van der Waals surface area contributed by atoms with Gasteiger partial charge in [-0.05, 0) is 29.8 Å². The zero-order chi connectivity index (χ0) is 29.4. The van der Waals surface area contributed by atoms with Crippen LogP contribution in [-0.2, 0) is 16.1 Å². The molecule has 3 aliphatic heterocycles. The molecular weight excluding hydrogens is 583 g/mol. The molecule has 0 radical (unpaired) electrons. The van der Waals surface area contributed by atoms with E-state index in [-0.39, 0.29) is 29.3 Å². The van der Waals surface area contributed by atoms with Crippen LogP contribution in [0.25, 0.3) is 0 Å². The average molecular weight is 611 g/mol. The second-order valence-corrected chi connectivity index (χ2v) is 11.5. The molecule has 6 rings (SSSR count). The minimum absolute atomic E-state index is 0.0501. The Bertz CT molecular complexity index is 1560. The first-order valence-corrected chi connectivity index (χ1v) is 14.6. The average Bonchev–Trinajstić information content (AvgIpc) is 3.65. The zero-order valence-electron chi connectivity index (χ0n) is 22.7. The van der Waals surface area contributed by atoms with Crippen LogP contribution in [0.15, 0.2) is 70.3 Å². The van der Waals surface area contributed by atoms with Crippen molar-refractivity contribution in [2.24, 2.45) is 4.99 Å². The molecule has 0 bridgehead atoms. The van der Waals surface area contributed by atoms with E-state index in [1.165, 1.54) is 36.6 Å². The van der Waals surface area contributed by atoms with E-state index in [9.17, 15) is 19.1 Å². The third-order valence-electron chi connectivity index (χ3n) is 7.67. The number of aromatic nitrogens is 1. The molecule has 1 aromatic heterocycles. The van der Waals surface area contributed by atoms with E-state index < -0.39 is 17.8 Å². The molecule has 3 aliphatic rings. The van der Waals surface area contributed by atoms with Gasteiger partial charge in [0.25, 0.3) is 0 Å². The van der Waals surface area contributed by atoms with Crippen LogP contribution in [0.4, 0.5) is 14.9 Å². The number of amidine groups is 1. The number of urea groups is 1. The number of nitrogens with one attached hydrogen (secondary N) is 1. The van der Waals surface area contributed by atoms with Gasteiger partial charge in [0.15, 0.2) is 10.8 Å². The maximum absolute atomic E-state index is 13.9. The normalized spacial score (nSPS) is 20.9. The van der Waals surface area contributed by atoms with Crippen molar-refractivity contribution in [1.29, 1.82) is 0 Å². The van der Waals surface area contributed by atoms with Gasteiger partial charge in [-0.25, -0.2) is 19.0 Å². The molecule has 2 atom stereocenters. The highest BCUT2D eigenvalue weighted by molar-refractivity contribution is 7.11. The molecule has 0 spiro atoms. The topological polar surface area (TPSA) is 111 Å². The van der Waals surface area contributed by atoms with Crippen LogP contribution in [-0.4, -0.2) is 83.6 Å². The molecule has 42 heavy (non-hydrogen) atoms. The van der Waals surface area contributed by atoms with Crippen LogP contribution >= 0.6 is 22.9 Å². The SMILES string of the molecule is COC(=O)C1=C(CN2CCN3C(=O)N(c4ccc(CO)cc4)C[C@@H]3C2)NC(c2nccs2)=N[C@H]1c1ccc(F)cc1Cl. The smallest absolute Gasteiger partial charge is 0.338 e. The van der Waals surface area contributed by atoms with Gasteiger partial charge in [-0.1, -0.05) is 29.8 Å². The Labute approximate surface area is 250 Å². The molecule has 2 saturated heterocycles. The van der Waals surface area contributed by atoms with Crippen LogP contribution in [0.2, 0.25) is 5.02 Å². The first-order chi connectivity index (χ1) is 20.4. The number of nitrogens with zero attached hydrogens (tertiary/aromatic N) is 5. The minimum atomic E-state index is -0.840. The summed E-state index contributed by atoms with van der Waals surface area (Å²) in [5.74, 6) is -0.588. The number of thiazole rings is 1. The molecule has 218 valence electrons. The van der Waals surface area contributed by atoms with Crippen LogP contribution < -0.4 is 10.2 Å². The number of amides is 2. The summed E-state index contributed by atoms with van der Waals surface area (Å²) in [4.78, 5) is 41.5. The summed E-state index contributed by atoms with van der Waals surface area (Å²) in [5.41, 5.74) is 2.90. The second-order valence-electron chi connectivity index (χ2n) is 10.2. The summed E-state index contributed by atoms with van der Waals surface area (Å²) in [6.45, 7) is 2.51. The van der Waals surface area contributed by atoms with Crippen LogP contribution in [0, 0.1) is 5.82 Å². The first-order valence-electron chi connectivity index (χ1n) is 13.4. The number of piperazine rings is 1. The lowest BCUT2D eigenvalue weighted by atomic mass is 9.95. The summed E-state index contributed by atoms with van der Waals surface area (Å²) >= 11 is 7.86. The fraction of sp³-hybridized carbons (Fsp3) is 0.310. The largest absolute Gasteiger partial charge is 0.466 e. The van der Waals surface area contributed by atoms with Gasteiger partial charge in [-0.2, -0.15) is 0 Å². The summed E-state index contributed by atoms with van der Waals surface area (Å²) in [6, 6.07) is 10.4. The van der Waals surface area contributed by atoms with Crippen molar-refractivity contribution in [3.05, 3.63) is 92.3 Å². The highest BCUT2D eigenvalue weighted by atomic mass is 35.5. The van der Waals surface area contributed by atoms with Crippen molar-refractivity contribution >= 4 is 46.5 Å². The van der Waals surface area contributed by atoms with Crippen molar-refractivity contribution in [3.63, 3.8) is 0 Å². The fourth-order valence-corrected chi connectivity index (χ4v) is 6.46. The van der Waals surface area contributed by atoms with Crippen LogP contribution in [0.1, 0.15) is 22.2 Å². The number of aliphatic hydroxyl groups is 1. The Hall–Kier alpha value is -3.84. The first kappa shape index (κ1) is 28.3. The number of ether oxygens (including phenoxy) is 1. The number of halogens is 2. The summed E-state index contributed by atoms with van der Waals surface area (Å²) in [5, 5.41) is 15.3. The van der Waals surface area contributed by atoms with Gasteiger partial charge in [0, 0.05) is 66.3 Å². The summed E-state index contributed by atoms with van der Waals surface area (Å²) < 4.78 is 19.1. The lowest BCUT2D eigenvalue weighted by Gasteiger charge is -2.38. The van der Waals surface area contributed by atoms with Gasteiger partial charge < -0.3 is 20.1 Å². The van der Waals surface area contributed by atoms with Gasteiger partial charge in [-0.3, -0.25) is 14.8 Å². The molecule has 0 aliphatic carbocycles. The van der Waals surface area contributed by atoms with Gasteiger partial charge in [0.05, 0.1) is 25.3 Å². The van der Waals surface area contributed by atoms with Crippen molar-refractivity contribution in [1.82, 2.24) is 20.1 Å². The third kappa shape index (κ3) is 5.38. The molecule has 4 heterocycles. The lowest BCUT2D eigenvalue weighted by molar-refractivity contribution is -0.136. The van der Waals surface area contributed by atoms with Crippen molar-refractivity contribution in [2.45, 2.75) is 18.7 Å². The van der Waals surface area contributed by atoms with Gasteiger partial charge in [0.2, 0.25) is 0 Å². The van der Waals surface area contributed by atoms with E-state index in [0.29, 0.717) is 54.8 Å². The number of aliphatic imine (C=N–C) groups is 1. The number of carbonyl (C=O) groups is 2. The Morgan fingerprint density at radius 1 is 1.21 bits per heavy atom. The van der Waals surface area contributed by atoms with Gasteiger partial charge >= 0.3 is 12.0 Å². The third-order valence-corrected chi connectivity index (χ3v) is 8.78. The Morgan fingerprint density at radius 3 is 2.71 bits per heavy atom. The predicted octanol–water partition coefficient (Wildman–Crippen LogP) is 3.57. The highest BCUT2D eigenvalue weighted by Gasteiger charge is 2.42. The van der Waals surface area contributed by atoms with Crippen molar-refractivity contribution < 1.29 is 23.8 Å². The number of aliphatic hydroxyl groups excluding tert-OH is 1. The molecule has 3 aromatic rings. The number of anilines is 1. The Balaban J connectivity index is 1.29. The summed E-state index contributed by atoms with van der Waals surface area (Å²) in [7, 11) is 1.31. The van der Waals surface area contributed by atoms with E-state index in [1.54, 1.807) is 11.1 Å². The second kappa shape index (κ2) is 11.8. The fourth-order valence-electron chi connectivity index (χ4n) is 5.60.